The van der Waals surface area contributed by atoms with Crippen molar-refractivity contribution in [1.29, 1.82) is 0 Å². The van der Waals surface area contributed by atoms with Crippen molar-refractivity contribution in [3.8, 4) is 0 Å². The molecule has 0 radical (unpaired) electrons. The zero-order valence-corrected chi connectivity index (χ0v) is 14.3. The van der Waals surface area contributed by atoms with Crippen molar-refractivity contribution in [3.63, 3.8) is 0 Å². The number of piperazine rings is 1. The van der Waals surface area contributed by atoms with E-state index in [0.29, 0.717) is 0 Å². The lowest BCUT2D eigenvalue weighted by atomic mass is 10.2. The average Bonchev–Trinajstić information content (AvgIpc) is 2.41. The summed E-state index contributed by atoms with van der Waals surface area (Å²) in [5, 5.41) is 5.24. The normalized spacial score (nSPS) is 15.3. The number of alkyl halides is 3. The highest BCUT2D eigenvalue weighted by Crippen LogP contribution is 2.36. The molecule has 10 heteroatoms. The summed E-state index contributed by atoms with van der Waals surface area (Å²) in [6, 6.07) is 3.33. The topological polar surface area (TPSA) is 44.4 Å². The van der Waals surface area contributed by atoms with Crippen molar-refractivity contribution in [2.24, 2.45) is 0 Å². The smallest absolute Gasteiger partial charge is 0.325 e. The molecule has 1 amide bonds. The van der Waals surface area contributed by atoms with E-state index < -0.39 is 11.7 Å². The third-order valence-corrected chi connectivity index (χ3v) is 3.46. The molecule has 1 aliphatic heterocycles. The number of halogens is 6. The summed E-state index contributed by atoms with van der Waals surface area (Å²) < 4.78 is 38.2. The third kappa shape index (κ3) is 6.73. The third-order valence-electron chi connectivity index (χ3n) is 3.13. The fraction of sp³-hybridized carbons (Fsp3) is 0.462. The number of nitrogens with zero attached hydrogens (tertiary/aromatic N) is 1. The number of hydrogen-bond donors (Lipinski definition) is 2. The second kappa shape index (κ2) is 9.54. The van der Waals surface area contributed by atoms with E-state index in [1.807, 2.05) is 4.90 Å². The second-order valence-electron chi connectivity index (χ2n) is 4.77. The lowest BCUT2D eigenvalue weighted by Gasteiger charge is -2.26. The molecule has 1 heterocycles. The van der Waals surface area contributed by atoms with E-state index in [1.165, 1.54) is 6.07 Å². The highest BCUT2D eigenvalue weighted by molar-refractivity contribution is 6.31. The average molecular weight is 395 g/mol. The van der Waals surface area contributed by atoms with Crippen LogP contribution in [0.1, 0.15) is 5.56 Å². The highest BCUT2D eigenvalue weighted by atomic mass is 35.5. The molecule has 0 unspecified atom stereocenters. The van der Waals surface area contributed by atoms with Gasteiger partial charge in [0.25, 0.3) is 0 Å². The Balaban J connectivity index is 0.00000242. The Hall–Kier alpha value is -0.730. The maximum Gasteiger partial charge on any atom is 0.417 e. The Morgan fingerprint density at radius 3 is 2.43 bits per heavy atom. The number of carbonyl (C=O) groups is 1. The lowest BCUT2D eigenvalue weighted by Crippen LogP contribution is -2.46. The summed E-state index contributed by atoms with van der Waals surface area (Å²) in [6.07, 6.45) is -4.55. The minimum atomic E-state index is -4.55. The van der Waals surface area contributed by atoms with E-state index in [4.69, 9.17) is 11.6 Å². The zero-order valence-electron chi connectivity index (χ0n) is 12.0. The molecule has 4 nitrogen and oxygen atoms in total. The van der Waals surface area contributed by atoms with Gasteiger partial charge in [-0.05, 0) is 18.2 Å². The second-order valence-corrected chi connectivity index (χ2v) is 5.17. The lowest BCUT2D eigenvalue weighted by molar-refractivity contribution is -0.137. The molecular weight excluding hydrogens is 378 g/mol. The van der Waals surface area contributed by atoms with Gasteiger partial charge in [-0.2, -0.15) is 13.2 Å². The van der Waals surface area contributed by atoms with E-state index in [2.05, 4.69) is 10.6 Å². The minimum absolute atomic E-state index is 0. The molecule has 23 heavy (non-hydrogen) atoms. The van der Waals surface area contributed by atoms with Gasteiger partial charge in [0.15, 0.2) is 0 Å². The molecule has 0 saturated carbocycles. The maximum atomic E-state index is 12.7. The molecule has 2 N–H and O–H groups in total. The molecule has 1 aliphatic rings. The van der Waals surface area contributed by atoms with Crippen LogP contribution in [0.3, 0.4) is 0 Å². The SMILES string of the molecule is Cl.Cl.O=C(CN1CCNCC1)Nc1ccc(Cl)c(C(F)(F)F)c1. The van der Waals surface area contributed by atoms with Gasteiger partial charge in [-0.3, -0.25) is 9.69 Å². The first kappa shape index (κ1) is 22.3. The summed E-state index contributed by atoms with van der Waals surface area (Å²) in [4.78, 5) is 13.8. The number of amides is 1. The van der Waals surface area contributed by atoms with E-state index in [0.717, 1.165) is 38.3 Å². The molecule has 1 aromatic rings. The van der Waals surface area contributed by atoms with E-state index in [-0.39, 0.29) is 48.0 Å². The predicted molar refractivity (Wildman–Crippen MR) is 88.9 cm³/mol. The predicted octanol–water partition coefficient (Wildman–Crippen LogP) is 3.05. The number of carbonyl (C=O) groups excluding carboxylic acids is 1. The van der Waals surface area contributed by atoms with E-state index >= 15 is 0 Å². The Kier molecular flexibility index (Phi) is 9.24. The van der Waals surface area contributed by atoms with Crippen molar-refractivity contribution >= 4 is 48.0 Å². The minimum Gasteiger partial charge on any atom is -0.325 e. The van der Waals surface area contributed by atoms with Gasteiger partial charge in [-0.25, -0.2) is 0 Å². The van der Waals surface area contributed by atoms with E-state index in [9.17, 15) is 18.0 Å². The first-order valence-electron chi connectivity index (χ1n) is 6.46. The van der Waals surface area contributed by atoms with Crippen LogP contribution in [0.2, 0.25) is 5.02 Å². The molecule has 0 aliphatic carbocycles. The Labute approximate surface area is 149 Å². The van der Waals surface area contributed by atoms with Crippen molar-refractivity contribution in [2.45, 2.75) is 6.18 Å². The summed E-state index contributed by atoms with van der Waals surface area (Å²) in [5.41, 5.74) is -0.865. The van der Waals surface area contributed by atoms with Crippen LogP contribution in [-0.2, 0) is 11.0 Å². The number of anilines is 1. The standard InChI is InChI=1S/C13H15ClF3N3O.2ClH/c14-11-2-1-9(7-10(11)13(15,16)17)19-12(21)8-20-5-3-18-4-6-20;;/h1-2,7,18H,3-6,8H2,(H,19,21);2*1H. The van der Waals surface area contributed by atoms with Crippen LogP contribution < -0.4 is 10.6 Å². The van der Waals surface area contributed by atoms with Gasteiger partial charge in [0.05, 0.1) is 17.1 Å². The number of rotatable bonds is 3. The van der Waals surface area contributed by atoms with Crippen LogP contribution in [0.25, 0.3) is 0 Å². The van der Waals surface area contributed by atoms with Crippen LogP contribution in [0, 0.1) is 0 Å². The molecule has 0 bridgehead atoms. The van der Waals surface area contributed by atoms with Crippen molar-refractivity contribution in [3.05, 3.63) is 28.8 Å². The quantitative estimate of drug-likeness (QED) is 0.828. The van der Waals surface area contributed by atoms with Crippen LogP contribution in [-0.4, -0.2) is 43.5 Å². The fourth-order valence-electron chi connectivity index (χ4n) is 2.09. The molecule has 0 aromatic heterocycles. The maximum absolute atomic E-state index is 12.7. The van der Waals surface area contributed by atoms with Crippen molar-refractivity contribution < 1.29 is 18.0 Å². The largest absolute Gasteiger partial charge is 0.417 e. The summed E-state index contributed by atoms with van der Waals surface area (Å²) in [6.45, 7) is 3.23. The summed E-state index contributed by atoms with van der Waals surface area (Å²) >= 11 is 5.53. The molecule has 1 fully saturated rings. The van der Waals surface area contributed by atoms with Gasteiger partial charge < -0.3 is 10.6 Å². The molecule has 132 valence electrons. The van der Waals surface area contributed by atoms with Crippen molar-refractivity contribution in [2.75, 3.05) is 38.0 Å². The fourth-order valence-corrected chi connectivity index (χ4v) is 2.32. The summed E-state index contributed by atoms with van der Waals surface area (Å²) in [5.74, 6) is -0.340. The van der Waals surface area contributed by atoms with Crippen molar-refractivity contribution in [1.82, 2.24) is 10.2 Å². The first-order chi connectivity index (χ1) is 9.86. The molecule has 0 spiro atoms. The Morgan fingerprint density at radius 1 is 1.26 bits per heavy atom. The number of hydrogen-bond acceptors (Lipinski definition) is 3. The van der Waals surface area contributed by atoms with Gasteiger partial charge in [-0.1, -0.05) is 11.6 Å². The van der Waals surface area contributed by atoms with Crippen LogP contribution in [0.15, 0.2) is 18.2 Å². The van der Waals surface area contributed by atoms with Gasteiger partial charge in [0.2, 0.25) is 5.91 Å². The molecule has 0 atom stereocenters. The Morgan fingerprint density at radius 2 is 1.87 bits per heavy atom. The highest BCUT2D eigenvalue weighted by Gasteiger charge is 2.33. The van der Waals surface area contributed by atoms with Gasteiger partial charge in [0.1, 0.15) is 0 Å². The molecule has 2 rings (SSSR count). The van der Waals surface area contributed by atoms with Crippen LogP contribution in [0.5, 0.6) is 0 Å². The van der Waals surface area contributed by atoms with Gasteiger partial charge in [0, 0.05) is 31.9 Å². The van der Waals surface area contributed by atoms with Gasteiger partial charge in [-0.15, -0.1) is 24.8 Å². The number of nitrogens with one attached hydrogen (secondary N) is 2. The molecule has 1 saturated heterocycles. The summed E-state index contributed by atoms with van der Waals surface area (Å²) in [7, 11) is 0. The molecule has 1 aromatic carbocycles. The zero-order chi connectivity index (χ0) is 15.5. The van der Waals surface area contributed by atoms with E-state index in [1.54, 1.807) is 0 Å². The first-order valence-corrected chi connectivity index (χ1v) is 6.84. The van der Waals surface area contributed by atoms with Crippen LogP contribution in [0.4, 0.5) is 18.9 Å². The number of benzene rings is 1. The van der Waals surface area contributed by atoms with Gasteiger partial charge >= 0.3 is 6.18 Å². The monoisotopic (exact) mass is 393 g/mol. The van der Waals surface area contributed by atoms with Crippen LogP contribution >= 0.6 is 36.4 Å². The molecular formula is C13H17Cl3F3N3O. The Bertz CT molecular complexity index is 523.